The lowest BCUT2D eigenvalue weighted by molar-refractivity contribution is 0.177. The minimum absolute atomic E-state index is 0.0216. The number of thiazole rings is 1. The maximum absolute atomic E-state index is 12.2. The smallest absolute Gasteiger partial charge is 0.415 e. The lowest BCUT2D eigenvalue weighted by Gasteiger charge is -2.23. The van der Waals surface area contributed by atoms with Gasteiger partial charge < -0.3 is 10.1 Å². The second-order valence-corrected chi connectivity index (χ2v) is 8.36. The van der Waals surface area contributed by atoms with Gasteiger partial charge in [0.1, 0.15) is 17.4 Å². The van der Waals surface area contributed by atoms with E-state index in [2.05, 4.69) is 34.1 Å². The van der Waals surface area contributed by atoms with Crippen LogP contribution in [-0.4, -0.2) is 33.7 Å². The minimum Gasteiger partial charge on any atom is -0.447 e. The third kappa shape index (κ3) is 4.07. The zero-order valence-corrected chi connectivity index (χ0v) is 17.4. The number of nitrogens with zero attached hydrogens (tertiary/aromatic N) is 4. The second-order valence-electron chi connectivity index (χ2n) is 7.30. The summed E-state index contributed by atoms with van der Waals surface area (Å²) >= 11 is 1.63. The number of hydrogen-bond acceptors (Lipinski definition) is 7. The monoisotopic (exact) mass is 409 g/mol. The molecule has 3 aromatic rings. The highest BCUT2D eigenvalue weighted by molar-refractivity contribution is 7.15. The standard InChI is InChI=1S/C21H23N5O2S/c1-13(2)16-12-28-21(27)26(16)18-9-10-22-20(25-18)24-14(3)17-11-23-19(29-17)15-7-5-4-6-8-15/h4-11,13-14,16H,12H2,1-3H3,(H,22,24,25)/t14-,16?/m0/s1. The Labute approximate surface area is 173 Å². The third-order valence-electron chi connectivity index (χ3n) is 4.88. The molecule has 1 saturated heterocycles. The summed E-state index contributed by atoms with van der Waals surface area (Å²) in [6, 6.07) is 11.8. The van der Waals surface area contributed by atoms with E-state index in [1.165, 1.54) is 0 Å². The molecule has 150 valence electrons. The molecule has 0 spiro atoms. The molecule has 2 aromatic heterocycles. The van der Waals surface area contributed by atoms with Crippen molar-refractivity contribution in [3.05, 3.63) is 53.7 Å². The van der Waals surface area contributed by atoms with Crippen molar-refractivity contribution in [1.82, 2.24) is 15.0 Å². The minimum atomic E-state index is -0.364. The van der Waals surface area contributed by atoms with Crippen molar-refractivity contribution < 1.29 is 9.53 Å². The van der Waals surface area contributed by atoms with Crippen LogP contribution in [0.15, 0.2) is 48.8 Å². The Balaban J connectivity index is 1.51. The average Bonchev–Trinajstić information content (AvgIpc) is 3.36. The van der Waals surface area contributed by atoms with Crippen LogP contribution >= 0.6 is 11.3 Å². The van der Waals surface area contributed by atoms with E-state index in [1.54, 1.807) is 28.5 Å². The van der Waals surface area contributed by atoms with Crippen molar-refractivity contribution in [2.75, 3.05) is 16.8 Å². The number of nitrogens with one attached hydrogen (secondary N) is 1. The SMILES string of the molecule is CC(C)C1COC(=O)N1c1ccnc(N[C@@H](C)c2cnc(-c3ccccc3)s2)n1. The maximum atomic E-state index is 12.2. The first kappa shape index (κ1) is 19.3. The molecule has 1 aliphatic heterocycles. The molecule has 2 atom stereocenters. The fraction of sp³-hybridized carbons (Fsp3) is 0.333. The number of amides is 1. The molecule has 29 heavy (non-hydrogen) atoms. The average molecular weight is 410 g/mol. The highest BCUT2D eigenvalue weighted by Crippen LogP contribution is 2.30. The van der Waals surface area contributed by atoms with Crippen molar-refractivity contribution in [3.63, 3.8) is 0 Å². The first-order valence-corrected chi connectivity index (χ1v) is 10.4. The molecule has 0 aliphatic carbocycles. The molecular weight excluding hydrogens is 386 g/mol. The topological polar surface area (TPSA) is 80.2 Å². The van der Waals surface area contributed by atoms with E-state index in [0.29, 0.717) is 18.4 Å². The first-order valence-electron chi connectivity index (χ1n) is 9.59. The number of carbonyl (C=O) groups excluding carboxylic acids is 1. The van der Waals surface area contributed by atoms with Crippen molar-refractivity contribution in [2.24, 2.45) is 5.92 Å². The van der Waals surface area contributed by atoms with Crippen LogP contribution in [0, 0.1) is 5.92 Å². The van der Waals surface area contributed by atoms with Gasteiger partial charge in [-0.1, -0.05) is 44.2 Å². The normalized spacial score (nSPS) is 17.4. The number of cyclic esters (lactones) is 1. The number of anilines is 2. The maximum Gasteiger partial charge on any atom is 0.415 e. The predicted octanol–water partition coefficient (Wildman–Crippen LogP) is 4.75. The summed E-state index contributed by atoms with van der Waals surface area (Å²) in [5, 5.41) is 4.29. The second kappa shape index (κ2) is 8.16. The quantitative estimate of drug-likeness (QED) is 0.633. The van der Waals surface area contributed by atoms with Gasteiger partial charge in [-0.3, -0.25) is 4.90 Å². The summed E-state index contributed by atoms with van der Waals surface area (Å²) in [4.78, 5) is 28.3. The molecule has 1 amide bonds. The van der Waals surface area contributed by atoms with Crippen LogP contribution in [0.4, 0.5) is 16.6 Å². The van der Waals surface area contributed by atoms with Crippen molar-refractivity contribution in [1.29, 1.82) is 0 Å². The number of carbonyl (C=O) groups is 1. The molecule has 3 heterocycles. The fourth-order valence-electron chi connectivity index (χ4n) is 3.21. The Morgan fingerprint density at radius 1 is 1.17 bits per heavy atom. The van der Waals surface area contributed by atoms with Gasteiger partial charge in [0.2, 0.25) is 5.95 Å². The van der Waals surface area contributed by atoms with Crippen LogP contribution in [0.5, 0.6) is 0 Å². The molecule has 4 rings (SSSR count). The molecule has 1 aliphatic rings. The highest BCUT2D eigenvalue weighted by atomic mass is 32.1. The van der Waals surface area contributed by atoms with Gasteiger partial charge in [-0.15, -0.1) is 11.3 Å². The molecule has 1 aromatic carbocycles. The number of ether oxygens (including phenoxy) is 1. The van der Waals surface area contributed by atoms with Gasteiger partial charge in [-0.05, 0) is 18.9 Å². The van der Waals surface area contributed by atoms with Crippen molar-refractivity contribution >= 4 is 29.2 Å². The Bertz CT molecular complexity index is 992. The van der Waals surface area contributed by atoms with Crippen LogP contribution < -0.4 is 10.2 Å². The van der Waals surface area contributed by atoms with Crippen LogP contribution in [0.1, 0.15) is 31.7 Å². The summed E-state index contributed by atoms with van der Waals surface area (Å²) in [6.45, 7) is 6.55. The van der Waals surface area contributed by atoms with Crippen molar-refractivity contribution in [2.45, 2.75) is 32.9 Å². The van der Waals surface area contributed by atoms with Crippen LogP contribution in [-0.2, 0) is 4.74 Å². The Morgan fingerprint density at radius 3 is 2.72 bits per heavy atom. The summed E-state index contributed by atoms with van der Waals surface area (Å²) in [7, 11) is 0. The summed E-state index contributed by atoms with van der Waals surface area (Å²) in [6.07, 6.45) is 3.17. The van der Waals surface area contributed by atoms with E-state index in [9.17, 15) is 4.79 Å². The van der Waals surface area contributed by atoms with Crippen molar-refractivity contribution in [3.8, 4) is 10.6 Å². The Kier molecular flexibility index (Phi) is 5.44. The zero-order chi connectivity index (χ0) is 20.4. The number of benzene rings is 1. The van der Waals surface area contributed by atoms with E-state index in [4.69, 9.17) is 4.74 Å². The van der Waals surface area contributed by atoms with E-state index < -0.39 is 0 Å². The Morgan fingerprint density at radius 2 is 1.97 bits per heavy atom. The molecule has 1 fully saturated rings. The summed E-state index contributed by atoms with van der Waals surface area (Å²) < 4.78 is 5.23. The molecule has 1 N–H and O–H groups in total. The zero-order valence-electron chi connectivity index (χ0n) is 16.6. The molecular formula is C21H23N5O2S. The number of hydrogen-bond donors (Lipinski definition) is 1. The molecule has 0 bridgehead atoms. The van der Waals surface area contributed by atoms with Gasteiger partial charge in [0, 0.05) is 22.8 Å². The summed E-state index contributed by atoms with van der Waals surface area (Å²) in [5.74, 6) is 1.28. The lowest BCUT2D eigenvalue weighted by Crippen LogP contribution is -2.37. The van der Waals surface area contributed by atoms with Gasteiger partial charge in [-0.25, -0.2) is 14.8 Å². The lowest BCUT2D eigenvalue weighted by atomic mass is 10.0. The van der Waals surface area contributed by atoms with E-state index in [0.717, 1.165) is 15.4 Å². The molecule has 8 heteroatoms. The highest BCUT2D eigenvalue weighted by Gasteiger charge is 2.37. The predicted molar refractivity (Wildman–Crippen MR) is 114 cm³/mol. The van der Waals surface area contributed by atoms with Gasteiger partial charge in [0.15, 0.2) is 0 Å². The van der Waals surface area contributed by atoms with Crippen LogP contribution in [0.2, 0.25) is 0 Å². The fourth-order valence-corrected chi connectivity index (χ4v) is 4.13. The molecule has 0 saturated carbocycles. The Hall–Kier alpha value is -3.00. The number of aromatic nitrogens is 3. The van der Waals surface area contributed by atoms with E-state index in [1.807, 2.05) is 43.5 Å². The van der Waals surface area contributed by atoms with Gasteiger partial charge in [0.05, 0.1) is 12.1 Å². The third-order valence-corrected chi connectivity index (χ3v) is 6.11. The molecule has 7 nitrogen and oxygen atoms in total. The largest absolute Gasteiger partial charge is 0.447 e. The van der Waals surface area contributed by atoms with Gasteiger partial charge in [-0.2, -0.15) is 4.98 Å². The van der Waals surface area contributed by atoms with Gasteiger partial charge >= 0.3 is 6.09 Å². The first-order chi connectivity index (χ1) is 14.0. The molecule has 0 radical (unpaired) electrons. The van der Waals surface area contributed by atoms with Crippen LogP contribution in [0.25, 0.3) is 10.6 Å². The van der Waals surface area contributed by atoms with Crippen LogP contribution in [0.3, 0.4) is 0 Å². The van der Waals surface area contributed by atoms with E-state index >= 15 is 0 Å². The number of rotatable bonds is 6. The summed E-state index contributed by atoms with van der Waals surface area (Å²) in [5.41, 5.74) is 1.10. The van der Waals surface area contributed by atoms with E-state index in [-0.39, 0.29) is 24.1 Å². The van der Waals surface area contributed by atoms with Gasteiger partial charge in [0.25, 0.3) is 0 Å². The molecule has 1 unspecified atom stereocenters.